The highest BCUT2D eigenvalue weighted by molar-refractivity contribution is 7.93. The van der Waals surface area contributed by atoms with Crippen molar-refractivity contribution >= 4 is 16.0 Å². The van der Waals surface area contributed by atoms with Gasteiger partial charge in [-0.3, -0.25) is 9.29 Å². The Labute approximate surface area is 204 Å². The maximum absolute atomic E-state index is 13.5. The van der Waals surface area contributed by atoms with Crippen LogP contribution in [0, 0.1) is 6.92 Å². The third kappa shape index (κ3) is 5.26. The van der Waals surface area contributed by atoms with Crippen molar-refractivity contribution in [2.45, 2.75) is 51.2 Å². The summed E-state index contributed by atoms with van der Waals surface area (Å²) in [6.45, 7) is 7.52. The minimum atomic E-state index is -4.03. The van der Waals surface area contributed by atoms with E-state index in [0.29, 0.717) is 17.3 Å². The van der Waals surface area contributed by atoms with E-state index in [1.54, 1.807) is 49.3 Å². The maximum Gasteiger partial charge on any atom is 0.240 e. The van der Waals surface area contributed by atoms with E-state index in [4.69, 9.17) is 14.2 Å². The number of methoxy groups -OCH3 is 1. The first-order valence-corrected chi connectivity index (χ1v) is 12.7. The number of aryl methyl sites for hydroxylation is 1. The predicted octanol–water partition coefficient (Wildman–Crippen LogP) is 2.31. The van der Waals surface area contributed by atoms with E-state index in [0.717, 1.165) is 5.56 Å². The number of ether oxygens (including phenoxy) is 3. The first kappa shape index (κ1) is 24.9. The monoisotopic (exact) mass is 503 g/mol. The van der Waals surface area contributed by atoms with Gasteiger partial charge in [0.15, 0.2) is 11.6 Å². The fourth-order valence-corrected chi connectivity index (χ4v) is 4.82. The summed E-state index contributed by atoms with van der Waals surface area (Å²) in [6.07, 6.45) is 3.71. The van der Waals surface area contributed by atoms with Gasteiger partial charge in [-0.25, -0.2) is 23.4 Å². The number of hydrogen-bond acceptors (Lipinski definition) is 10. The molecule has 3 atom stereocenters. The van der Waals surface area contributed by atoms with Crippen LogP contribution in [0.3, 0.4) is 0 Å². The van der Waals surface area contributed by atoms with Crippen molar-refractivity contribution < 1.29 is 22.6 Å². The lowest BCUT2D eigenvalue weighted by atomic mass is 10.2. The van der Waals surface area contributed by atoms with Gasteiger partial charge in [0.1, 0.15) is 29.4 Å². The molecule has 1 aliphatic rings. The van der Waals surface area contributed by atoms with Crippen molar-refractivity contribution in [2.75, 3.05) is 25.0 Å². The van der Waals surface area contributed by atoms with Gasteiger partial charge >= 0.3 is 0 Å². The molecule has 0 amide bonds. The molecule has 4 heterocycles. The molecule has 1 N–H and O–H groups in total. The third-order valence-corrected chi connectivity index (χ3v) is 7.15. The standard InChI is InChI=1S/C22H29N7O5S/c1-13(2)34-19(20-24-9-14(3)10-25-20)15(4)35(30,31)28-22-27-26-21-18-17(7-6-8-23-18)33-12-16(11-32-5)29(21)22/h6-10,13,15-16,19H,11-12H2,1-5H3,(H,27,28)/t15?,16-,19?/m0/s1. The summed E-state index contributed by atoms with van der Waals surface area (Å²) < 4.78 is 48.5. The molecule has 2 unspecified atom stereocenters. The SMILES string of the molecule is COC[C@H]1COc2cccnc2-c2nnc(NS(=O)(=O)C(C)C(OC(C)C)c3ncc(C)cn3)n21. The fraction of sp³-hybridized carbons (Fsp3) is 0.500. The molecule has 0 bridgehead atoms. The Morgan fingerprint density at radius 1 is 1.20 bits per heavy atom. The number of nitrogens with one attached hydrogen (secondary N) is 1. The molecule has 188 valence electrons. The zero-order chi connectivity index (χ0) is 25.2. The molecule has 1 aliphatic heterocycles. The average molecular weight is 504 g/mol. The van der Waals surface area contributed by atoms with Crippen LogP contribution < -0.4 is 9.46 Å². The van der Waals surface area contributed by atoms with Gasteiger partial charge in [0.2, 0.25) is 16.0 Å². The van der Waals surface area contributed by atoms with Gasteiger partial charge in [-0.2, -0.15) is 0 Å². The van der Waals surface area contributed by atoms with Crippen molar-refractivity contribution in [1.82, 2.24) is 29.7 Å². The zero-order valence-corrected chi connectivity index (χ0v) is 21.1. The molecule has 0 saturated heterocycles. The molecular formula is C22H29N7O5S. The smallest absolute Gasteiger partial charge is 0.240 e. The summed E-state index contributed by atoms with van der Waals surface area (Å²) in [4.78, 5) is 13.0. The number of rotatable bonds is 9. The molecule has 4 rings (SSSR count). The van der Waals surface area contributed by atoms with Gasteiger partial charge in [0.05, 0.1) is 18.8 Å². The Morgan fingerprint density at radius 2 is 1.94 bits per heavy atom. The first-order valence-electron chi connectivity index (χ1n) is 11.2. The molecule has 0 saturated carbocycles. The minimum Gasteiger partial charge on any atom is -0.489 e. The molecule has 0 fully saturated rings. The molecular weight excluding hydrogens is 474 g/mol. The normalized spacial score (nSPS) is 17.1. The molecule has 12 nitrogen and oxygen atoms in total. The maximum atomic E-state index is 13.5. The molecule has 3 aromatic heterocycles. The highest BCUT2D eigenvalue weighted by atomic mass is 32.2. The topological polar surface area (TPSA) is 143 Å². The van der Waals surface area contributed by atoms with Gasteiger partial charge in [-0.1, -0.05) is 0 Å². The van der Waals surface area contributed by atoms with Crippen LogP contribution >= 0.6 is 0 Å². The van der Waals surface area contributed by atoms with Crippen LogP contribution in [0.2, 0.25) is 0 Å². The van der Waals surface area contributed by atoms with Gasteiger partial charge in [-0.05, 0) is 45.4 Å². The van der Waals surface area contributed by atoms with Crippen molar-refractivity contribution in [3.05, 3.63) is 42.1 Å². The molecule has 13 heteroatoms. The van der Waals surface area contributed by atoms with Crippen LogP contribution in [-0.2, 0) is 19.5 Å². The Morgan fingerprint density at radius 3 is 2.63 bits per heavy atom. The first-order chi connectivity index (χ1) is 16.7. The van der Waals surface area contributed by atoms with Gasteiger partial charge < -0.3 is 14.2 Å². The quantitative estimate of drug-likeness (QED) is 0.462. The van der Waals surface area contributed by atoms with E-state index in [1.165, 1.54) is 0 Å². The van der Waals surface area contributed by atoms with E-state index in [-0.39, 0.29) is 31.1 Å². The summed E-state index contributed by atoms with van der Waals surface area (Å²) in [6, 6.07) is 3.14. The van der Waals surface area contributed by atoms with Crippen LogP contribution in [0.15, 0.2) is 30.7 Å². The summed E-state index contributed by atoms with van der Waals surface area (Å²) >= 11 is 0. The molecule has 35 heavy (non-hydrogen) atoms. The summed E-state index contributed by atoms with van der Waals surface area (Å²) in [5.41, 5.74) is 1.32. The fourth-order valence-electron chi connectivity index (χ4n) is 3.73. The Balaban J connectivity index is 1.70. The van der Waals surface area contributed by atoms with Gasteiger partial charge in [-0.15, -0.1) is 10.2 Å². The molecule has 3 aromatic rings. The summed E-state index contributed by atoms with van der Waals surface area (Å²) in [5, 5.41) is 7.32. The van der Waals surface area contributed by atoms with Crippen LogP contribution in [-0.4, -0.2) is 69.8 Å². The number of hydrogen-bond donors (Lipinski definition) is 1. The van der Waals surface area contributed by atoms with Crippen LogP contribution in [0.1, 0.15) is 44.3 Å². The second-order valence-corrected chi connectivity index (χ2v) is 10.6. The Bertz CT molecular complexity index is 1260. The van der Waals surface area contributed by atoms with E-state index in [1.807, 2.05) is 20.8 Å². The molecule has 0 radical (unpaired) electrons. The third-order valence-electron chi connectivity index (χ3n) is 5.46. The van der Waals surface area contributed by atoms with Crippen molar-refractivity contribution in [3.8, 4) is 17.3 Å². The van der Waals surface area contributed by atoms with Crippen molar-refractivity contribution in [1.29, 1.82) is 0 Å². The number of sulfonamides is 1. The highest BCUT2D eigenvalue weighted by Gasteiger charge is 2.37. The number of anilines is 1. The van der Waals surface area contributed by atoms with Crippen LogP contribution in [0.25, 0.3) is 11.5 Å². The predicted molar refractivity (Wildman–Crippen MR) is 127 cm³/mol. The van der Waals surface area contributed by atoms with E-state index >= 15 is 0 Å². The Hall–Kier alpha value is -3.16. The van der Waals surface area contributed by atoms with E-state index in [9.17, 15) is 8.42 Å². The lowest BCUT2D eigenvalue weighted by Crippen LogP contribution is -2.35. The largest absolute Gasteiger partial charge is 0.489 e. The molecule has 0 aromatic carbocycles. The Kier molecular flexibility index (Phi) is 7.28. The van der Waals surface area contributed by atoms with E-state index in [2.05, 4.69) is 29.9 Å². The summed E-state index contributed by atoms with van der Waals surface area (Å²) in [5.74, 6) is 1.22. The second-order valence-electron chi connectivity index (χ2n) is 8.56. The van der Waals surface area contributed by atoms with Gasteiger partial charge in [0.25, 0.3) is 0 Å². The number of fused-ring (bicyclic) bond motifs is 3. The molecule has 0 aliphatic carbocycles. The lowest BCUT2D eigenvalue weighted by molar-refractivity contribution is 0.00152. The molecule has 0 spiro atoms. The average Bonchev–Trinajstić information content (AvgIpc) is 3.15. The lowest BCUT2D eigenvalue weighted by Gasteiger charge is -2.26. The minimum absolute atomic E-state index is 0.0316. The number of aromatic nitrogens is 6. The summed E-state index contributed by atoms with van der Waals surface area (Å²) in [7, 11) is -2.47. The number of pyridine rings is 1. The highest BCUT2D eigenvalue weighted by Crippen LogP contribution is 2.35. The van der Waals surface area contributed by atoms with Gasteiger partial charge in [0, 0.05) is 25.7 Å². The van der Waals surface area contributed by atoms with Crippen LogP contribution in [0.5, 0.6) is 5.75 Å². The van der Waals surface area contributed by atoms with Crippen molar-refractivity contribution in [2.24, 2.45) is 0 Å². The van der Waals surface area contributed by atoms with E-state index < -0.39 is 27.4 Å². The second kappa shape index (κ2) is 10.2. The zero-order valence-electron chi connectivity index (χ0n) is 20.2. The van der Waals surface area contributed by atoms with Crippen LogP contribution in [0.4, 0.5) is 5.95 Å². The van der Waals surface area contributed by atoms with Crippen molar-refractivity contribution in [3.63, 3.8) is 0 Å². The number of nitrogens with zero attached hydrogens (tertiary/aromatic N) is 6.